The van der Waals surface area contributed by atoms with E-state index < -0.39 is 0 Å². The summed E-state index contributed by atoms with van der Waals surface area (Å²) in [7, 11) is 1.49. The third-order valence-electron chi connectivity index (χ3n) is 9.06. The molecule has 39 heavy (non-hydrogen) atoms. The highest BCUT2D eigenvalue weighted by Crippen LogP contribution is 2.68. The molecule has 3 aromatic carbocycles. The van der Waals surface area contributed by atoms with Crippen molar-refractivity contribution in [2.75, 3.05) is 7.11 Å². The number of aromatic nitrogens is 1. The molecule has 0 amide bonds. The highest BCUT2D eigenvalue weighted by atomic mass is 19.1. The van der Waals surface area contributed by atoms with Crippen LogP contribution in [0.5, 0.6) is 5.75 Å². The quantitative estimate of drug-likeness (QED) is 0.228. The topological polar surface area (TPSA) is 40.5 Å². The Morgan fingerprint density at radius 3 is 2.49 bits per heavy atom. The molecular weight excluding hydrogens is 489 g/mol. The number of fused-ring (bicyclic) bond motifs is 1. The summed E-state index contributed by atoms with van der Waals surface area (Å²) >= 11 is 0. The lowest BCUT2D eigenvalue weighted by atomic mass is 9.43. The van der Waals surface area contributed by atoms with Gasteiger partial charge in [0, 0.05) is 22.7 Å². The maximum absolute atomic E-state index is 14.3. The summed E-state index contributed by atoms with van der Waals surface area (Å²) in [5.41, 5.74) is 6.26. The molecule has 0 aliphatic heterocycles. The maximum Gasteiger partial charge on any atom is 0.309 e. The molecule has 2 saturated carbocycles. The number of halogens is 1. The fourth-order valence-corrected chi connectivity index (χ4v) is 7.06. The van der Waals surface area contributed by atoms with Gasteiger partial charge in [-0.25, -0.2) is 4.39 Å². The lowest BCUT2D eigenvalue weighted by Gasteiger charge is -2.60. The Bertz CT molecular complexity index is 1530. The summed E-state index contributed by atoms with van der Waals surface area (Å²) in [6.45, 7) is 6.70. The smallest absolute Gasteiger partial charge is 0.309 e. The molecule has 0 bridgehead atoms. The number of carbonyl (C=O) groups excluding carboxylic acids is 1. The van der Waals surface area contributed by atoms with Gasteiger partial charge < -0.3 is 14.0 Å². The molecule has 0 saturated heterocycles. The predicted octanol–water partition coefficient (Wildman–Crippen LogP) is 8.23. The van der Waals surface area contributed by atoms with Crippen molar-refractivity contribution in [1.82, 2.24) is 4.57 Å². The lowest BCUT2D eigenvalue weighted by Crippen LogP contribution is -2.53. The monoisotopic (exact) mass is 525 g/mol. The first kappa shape index (κ1) is 25.7. The van der Waals surface area contributed by atoms with Crippen molar-refractivity contribution in [3.8, 4) is 11.4 Å². The molecule has 202 valence electrons. The second kappa shape index (κ2) is 9.86. The molecule has 1 aromatic heterocycles. The first-order valence-corrected chi connectivity index (χ1v) is 14.0. The van der Waals surface area contributed by atoms with E-state index >= 15 is 0 Å². The number of rotatable bonds is 7. The third kappa shape index (κ3) is 4.23. The number of nitrogens with zero attached hydrogens (tertiary/aromatic N) is 1. The summed E-state index contributed by atoms with van der Waals surface area (Å²) in [4.78, 5) is 13.0. The van der Waals surface area contributed by atoms with Crippen LogP contribution in [0.1, 0.15) is 73.8 Å². The number of benzene rings is 3. The van der Waals surface area contributed by atoms with Gasteiger partial charge in [0.1, 0.15) is 18.2 Å². The predicted molar refractivity (Wildman–Crippen MR) is 152 cm³/mol. The van der Waals surface area contributed by atoms with Gasteiger partial charge in [-0.05, 0) is 90.6 Å². The minimum Gasteiger partial charge on any atom is -0.489 e. The first-order chi connectivity index (χ1) is 18.8. The molecule has 2 fully saturated rings. The van der Waals surface area contributed by atoms with Crippen LogP contribution in [-0.2, 0) is 16.1 Å². The van der Waals surface area contributed by atoms with Gasteiger partial charge in [0.05, 0.1) is 18.5 Å². The summed E-state index contributed by atoms with van der Waals surface area (Å²) in [5, 5.41) is 1.11. The van der Waals surface area contributed by atoms with E-state index in [9.17, 15) is 9.18 Å². The van der Waals surface area contributed by atoms with E-state index in [-0.39, 0.29) is 35.0 Å². The minimum atomic E-state index is -0.212. The van der Waals surface area contributed by atoms with Gasteiger partial charge in [0.25, 0.3) is 0 Å². The van der Waals surface area contributed by atoms with E-state index in [1.807, 2.05) is 36.4 Å². The first-order valence-electron chi connectivity index (χ1n) is 14.0. The zero-order valence-corrected chi connectivity index (χ0v) is 23.2. The van der Waals surface area contributed by atoms with Gasteiger partial charge in [0.2, 0.25) is 0 Å². The van der Waals surface area contributed by atoms with Crippen LogP contribution in [-0.4, -0.2) is 17.6 Å². The molecule has 2 aliphatic rings. The van der Waals surface area contributed by atoms with E-state index in [0.29, 0.717) is 12.2 Å². The molecule has 1 heterocycles. The van der Waals surface area contributed by atoms with Crippen molar-refractivity contribution in [3.63, 3.8) is 0 Å². The van der Waals surface area contributed by atoms with Gasteiger partial charge in [-0.1, -0.05) is 50.6 Å². The van der Waals surface area contributed by atoms with Crippen molar-refractivity contribution in [3.05, 3.63) is 94.9 Å². The standard InChI is InChI=1S/C34H36FNO3/c1-21(2)32-30(31-27(33(37)38-4)19-34(31)15-8-16-34)26-18-25(39-20-23-9-6-5-7-10-23)12-14-29(26)36(32)24-11-13-28(35)22(3)17-24/h5-7,9-14,17-18,21,27,31H,8,15-16,19-20H2,1-4H3. The number of ether oxygens (including phenoxy) is 2. The number of hydrogen-bond donors (Lipinski definition) is 0. The van der Waals surface area contributed by atoms with Gasteiger partial charge in [0.15, 0.2) is 0 Å². The molecule has 2 aliphatic carbocycles. The van der Waals surface area contributed by atoms with Crippen molar-refractivity contribution >= 4 is 16.9 Å². The van der Waals surface area contributed by atoms with Gasteiger partial charge in [-0.15, -0.1) is 0 Å². The Labute approximate surface area is 229 Å². The molecule has 2 atom stereocenters. The number of esters is 1. The molecule has 0 radical (unpaired) electrons. The van der Waals surface area contributed by atoms with Crippen LogP contribution < -0.4 is 4.74 Å². The molecule has 0 N–H and O–H groups in total. The molecule has 5 heteroatoms. The Balaban J connectivity index is 1.56. The molecule has 4 aromatic rings. The van der Waals surface area contributed by atoms with E-state index in [4.69, 9.17) is 9.47 Å². The van der Waals surface area contributed by atoms with E-state index in [1.54, 1.807) is 13.0 Å². The summed E-state index contributed by atoms with van der Waals surface area (Å²) in [6.07, 6.45) is 4.35. The Morgan fingerprint density at radius 1 is 1.08 bits per heavy atom. The number of methoxy groups -OCH3 is 1. The van der Waals surface area contributed by atoms with Gasteiger partial charge >= 0.3 is 5.97 Å². The highest BCUT2D eigenvalue weighted by molar-refractivity contribution is 5.91. The van der Waals surface area contributed by atoms with Crippen LogP contribution in [0.4, 0.5) is 4.39 Å². The van der Waals surface area contributed by atoms with E-state index in [2.05, 4.69) is 42.7 Å². The van der Waals surface area contributed by atoms with E-state index in [0.717, 1.165) is 47.2 Å². The zero-order chi connectivity index (χ0) is 27.3. The Hall–Kier alpha value is -3.60. The van der Waals surface area contributed by atoms with Crippen molar-refractivity contribution < 1.29 is 18.7 Å². The van der Waals surface area contributed by atoms with Crippen molar-refractivity contribution in [2.24, 2.45) is 11.3 Å². The Morgan fingerprint density at radius 2 is 1.85 bits per heavy atom. The van der Waals surface area contributed by atoms with Crippen LogP contribution in [0.2, 0.25) is 0 Å². The number of aryl methyl sites for hydroxylation is 1. The number of carbonyl (C=O) groups is 1. The SMILES string of the molecule is COC(=O)C1CC2(CCC2)C1c1c(C(C)C)n(-c2ccc(F)c(C)c2)c2ccc(OCc3ccccc3)cc12. The van der Waals surface area contributed by atoms with Crippen LogP contribution in [0.25, 0.3) is 16.6 Å². The van der Waals surface area contributed by atoms with Crippen LogP contribution in [0, 0.1) is 24.1 Å². The Kier molecular flexibility index (Phi) is 6.49. The second-order valence-corrected chi connectivity index (χ2v) is 11.7. The summed E-state index contributed by atoms with van der Waals surface area (Å²) in [6, 6.07) is 21.7. The molecule has 2 unspecified atom stereocenters. The van der Waals surface area contributed by atoms with Crippen LogP contribution in [0.3, 0.4) is 0 Å². The number of hydrogen-bond acceptors (Lipinski definition) is 3. The lowest BCUT2D eigenvalue weighted by molar-refractivity contribution is -0.162. The fourth-order valence-electron chi connectivity index (χ4n) is 7.06. The summed E-state index contributed by atoms with van der Waals surface area (Å²) in [5.74, 6) is 0.578. The maximum atomic E-state index is 14.3. The fraction of sp³-hybridized carbons (Fsp3) is 0.382. The van der Waals surface area contributed by atoms with Crippen LogP contribution in [0.15, 0.2) is 66.7 Å². The average molecular weight is 526 g/mol. The molecule has 1 spiro atoms. The summed E-state index contributed by atoms with van der Waals surface area (Å²) < 4.78 is 28.2. The third-order valence-corrected chi connectivity index (χ3v) is 9.06. The molecular formula is C34H36FNO3. The van der Waals surface area contributed by atoms with E-state index in [1.165, 1.54) is 24.8 Å². The normalized spacial score (nSPS) is 19.6. The highest BCUT2D eigenvalue weighted by Gasteiger charge is 2.61. The zero-order valence-electron chi connectivity index (χ0n) is 23.2. The average Bonchev–Trinajstić information content (AvgIpc) is 3.22. The van der Waals surface area contributed by atoms with Crippen molar-refractivity contribution in [1.29, 1.82) is 0 Å². The van der Waals surface area contributed by atoms with Crippen LogP contribution >= 0.6 is 0 Å². The largest absolute Gasteiger partial charge is 0.489 e. The molecule has 4 nitrogen and oxygen atoms in total. The van der Waals surface area contributed by atoms with Gasteiger partial charge in [-0.2, -0.15) is 0 Å². The minimum absolute atomic E-state index is 0.0887. The molecule has 6 rings (SSSR count). The van der Waals surface area contributed by atoms with Crippen molar-refractivity contribution in [2.45, 2.75) is 64.9 Å². The van der Waals surface area contributed by atoms with Gasteiger partial charge in [-0.3, -0.25) is 4.79 Å². The second-order valence-electron chi connectivity index (χ2n) is 11.7.